The van der Waals surface area contributed by atoms with Crippen LogP contribution in [0.2, 0.25) is 0 Å². The molecule has 4 rings (SSSR count). The highest BCUT2D eigenvalue weighted by Crippen LogP contribution is 2.26. The lowest BCUT2D eigenvalue weighted by atomic mass is 10.1. The number of nitrogen functional groups attached to an aromatic ring is 1. The predicted molar refractivity (Wildman–Crippen MR) is 94.0 cm³/mol. The number of benzene rings is 2. The van der Waals surface area contributed by atoms with Crippen LogP contribution in [0.4, 0.5) is 5.82 Å². The van der Waals surface area contributed by atoms with Gasteiger partial charge < -0.3 is 10.3 Å². The second-order valence-corrected chi connectivity index (χ2v) is 5.79. The Bertz CT molecular complexity index is 1030. The quantitative estimate of drug-likeness (QED) is 0.619. The number of hydrogen-bond acceptors (Lipinski definition) is 6. The summed E-state index contributed by atoms with van der Waals surface area (Å²) in [6, 6.07) is 15.5. The summed E-state index contributed by atoms with van der Waals surface area (Å²) < 4.78 is 6.88. The largest absolute Gasteiger partial charge is 0.382 e. The monoisotopic (exact) mass is 332 g/mol. The summed E-state index contributed by atoms with van der Waals surface area (Å²) in [6.45, 7) is 4.09. The molecule has 0 spiro atoms. The van der Waals surface area contributed by atoms with Crippen molar-refractivity contribution in [1.29, 1.82) is 0 Å². The zero-order chi connectivity index (χ0) is 17.4. The highest BCUT2D eigenvalue weighted by atomic mass is 16.5. The number of nitrogens with two attached hydrogens (primary N) is 1. The maximum atomic E-state index is 6.21. The van der Waals surface area contributed by atoms with E-state index in [-0.39, 0.29) is 5.89 Å². The highest BCUT2D eigenvalue weighted by Gasteiger charge is 2.19. The van der Waals surface area contributed by atoms with E-state index in [0.29, 0.717) is 17.3 Å². The molecule has 0 amide bonds. The lowest BCUT2D eigenvalue weighted by Gasteiger charge is -2.06. The number of anilines is 1. The van der Waals surface area contributed by atoms with Crippen molar-refractivity contribution >= 4 is 5.82 Å². The Labute approximate surface area is 144 Å². The molecule has 2 N–H and O–H groups in total. The van der Waals surface area contributed by atoms with Crippen molar-refractivity contribution in [2.45, 2.75) is 13.8 Å². The third kappa shape index (κ3) is 2.65. The number of rotatable bonds is 3. The number of hydrogen-bond donors (Lipinski definition) is 1. The Kier molecular flexibility index (Phi) is 3.53. The van der Waals surface area contributed by atoms with Crippen LogP contribution in [0.5, 0.6) is 0 Å². The molecule has 7 heteroatoms. The topological polar surface area (TPSA) is 95.6 Å². The zero-order valence-corrected chi connectivity index (χ0v) is 13.8. The lowest BCUT2D eigenvalue weighted by molar-refractivity contribution is 0.431. The van der Waals surface area contributed by atoms with Gasteiger partial charge in [-0.25, -0.2) is 0 Å². The first-order valence-electron chi connectivity index (χ1n) is 7.82. The third-order valence-electron chi connectivity index (χ3n) is 4.10. The summed E-state index contributed by atoms with van der Waals surface area (Å²) in [5.41, 5.74) is 10.6. The molecule has 2 heterocycles. The van der Waals surface area contributed by atoms with Crippen molar-refractivity contribution < 1.29 is 4.52 Å². The molecule has 0 unspecified atom stereocenters. The molecular weight excluding hydrogens is 316 g/mol. The molecule has 2 aromatic carbocycles. The molecule has 0 fully saturated rings. The van der Waals surface area contributed by atoms with Gasteiger partial charge in [0.05, 0.1) is 5.69 Å². The Morgan fingerprint density at radius 2 is 1.80 bits per heavy atom. The highest BCUT2D eigenvalue weighted by molar-refractivity contribution is 5.66. The number of aryl methyl sites for hydroxylation is 2. The Hall–Kier alpha value is -3.48. The van der Waals surface area contributed by atoms with Crippen LogP contribution in [-0.4, -0.2) is 25.1 Å². The van der Waals surface area contributed by atoms with Gasteiger partial charge in [0, 0.05) is 5.56 Å². The van der Waals surface area contributed by atoms with Crippen molar-refractivity contribution in [1.82, 2.24) is 25.1 Å². The molecule has 0 aliphatic rings. The fourth-order valence-electron chi connectivity index (χ4n) is 2.51. The molecule has 25 heavy (non-hydrogen) atoms. The van der Waals surface area contributed by atoms with Crippen LogP contribution >= 0.6 is 0 Å². The SMILES string of the molecule is Cc1ccc(-n2nnc(-c3nc(-c4ccccc4)no3)c2N)cc1C. The minimum Gasteiger partial charge on any atom is -0.382 e. The summed E-state index contributed by atoms with van der Waals surface area (Å²) in [7, 11) is 0. The summed E-state index contributed by atoms with van der Waals surface area (Å²) in [4.78, 5) is 4.38. The summed E-state index contributed by atoms with van der Waals surface area (Å²) in [5.74, 6) is 1.08. The van der Waals surface area contributed by atoms with Gasteiger partial charge in [0.15, 0.2) is 11.5 Å². The molecule has 0 saturated carbocycles. The van der Waals surface area contributed by atoms with E-state index in [1.54, 1.807) is 4.68 Å². The maximum Gasteiger partial charge on any atom is 0.282 e. The molecule has 124 valence electrons. The van der Waals surface area contributed by atoms with E-state index in [1.807, 2.05) is 55.5 Å². The van der Waals surface area contributed by atoms with Gasteiger partial charge >= 0.3 is 0 Å². The second kappa shape index (κ2) is 5.86. The third-order valence-corrected chi connectivity index (χ3v) is 4.10. The predicted octanol–water partition coefficient (Wildman–Crippen LogP) is 3.18. The van der Waals surface area contributed by atoms with E-state index < -0.39 is 0 Å². The van der Waals surface area contributed by atoms with Gasteiger partial charge in [-0.05, 0) is 37.1 Å². The van der Waals surface area contributed by atoms with Crippen molar-refractivity contribution in [3.8, 4) is 28.7 Å². The molecule has 7 nitrogen and oxygen atoms in total. The second-order valence-electron chi connectivity index (χ2n) is 5.79. The van der Waals surface area contributed by atoms with Gasteiger partial charge in [-0.1, -0.05) is 46.8 Å². The van der Waals surface area contributed by atoms with Crippen LogP contribution in [0.15, 0.2) is 53.1 Å². The average molecular weight is 332 g/mol. The van der Waals surface area contributed by atoms with Gasteiger partial charge in [0.25, 0.3) is 5.89 Å². The van der Waals surface area contributed by atoms with Crippen molar-refractivity contribution in [2.75, 3.05) is 5.73 Å². The minimum atomic E-state index is 0.242. The first-order valence-corrected chi connectivity index (χ1v) is 7.82. The zero-order valence-electron chi connectivity index (χ0n) is 13.8. The molecule has 0 atom stereocenters. The molecule has 4 aromatic rings. The Morgan fingerprint density at radius 1 is 1.00 bits per heavy atom. The minimum absolute atomic E-state index is 0.242. The summed E-state index contributed by atoms with van der Waals surface area (Å²) in [5, 5.41) is 12.2. The van der Waals surface area contributed by atoms with Crippen molar-refractivity contribution in [3.05, 3.63) is 59.7 Å². The van der Waals surface area contributed by atoms with Crippen LogP contribution in [0.3, 0.4) is 0 Å². The van der Waals surface area contributed by atoms with E-state index >= 15 is 0 Å². The van der Waals surface area contributed by atoms with E-state index in [4.69, 9.17) is 10.3 Å². The molecule has 0 radical (unpaired) electrons. The van der Waals surface area contributed by atoms with E-state index in [1.165, 1.54) is 5.56 Å². The molecule has 2 aromatic heterocycles. The first kappa shape index (κ1) is 15.1. The molecule has 0 bridgehead atoms. The van der Waals surface area contributed by atoms with Crippen LogP contribution in [0, 0.1) is 13.8 Å². The average Bonchev–Trinajstić information content (AvgIpc) is 3.25. The maximum absolute atomic E-state index is 6.21. The summed E-state index contributed by atoms with van der Waals surface area (Å²) >= 11 is 0. The van der Waals surface area contributed by atoms with Gasteiger partial charge in [-0.15, -0.1) is 5.10 Å². The molecular formula is C18H16N6O. The smallest absolute Gasteiger partial charge is 0.282 e. The first-order chi connectivity index (χ1) is 12.1. The van der Waals surface area contributed by atoms with Gasteiger partial charge in [0.1, 0.15) is 0 Å². The lowest BCUT2D eigenvalue weighted by Crippen LogP contribution is -2.03. The fourth-order valence-corrected chi connectivity index (χ4v) is 2.51. The van der Waals surface area contributed by atoms with Crippen molar-refractivity contribution in [3.63, 3.8) is 0 Å². The van der Waals surface area contributed by atoms with Crippen LogP contribution in [0.25, 0.3) is 28.7 Å². The fraction of sp³-hybridized carbons (Fsp3) is 0.111. The molecule has 0 aliphatic carbocycles. The van der Waals surface area contributed by atoms with Gasteiger partial charge in [0.2, 0.25) is 5.82 Å². The normalized spacial score (nSPS) is 11.0. The standard InChI is InChI=1S/C18H16N6O/c1-11-8-9-14(10-12(11)2)24-16(19)15(21-23-24)18-20-17(22-25-18)13-6-4-3-5-7-13/h3-10H,19H2,1-2H3. The van der Waals surface area contributed by atoms with E-state index in [9.17, 15) is 0 Å². The number of aromatic nitrogens is 5. The summed E-state index contributed by atoms with van der Waals surface area (Å²) in [6.07, 6.45) is 0. The molecule has 0 saturated heterocycles. The molecule has 0 aliphatic heterocycles. The van der Waals surface area contributed by atoms with Crippen LogP contribution < -0.4 is 5.73 Å². The van der Waals surface area contributed by atoms with Gasteiger partial charge in [-0.3, -0.25) is 0 Å². The Balaban J connectivity index is 1.72. The van der Waals surface area contributed by atoms with E-state index in [0.717, 1.165) is 16.8 Å². The van der Waals surface area contributed by atoms with Gasteiger partial charge in [-0.2, -0.15) is 9.67 Å². The van der Waals surface area contributed by atoms with Crippen molar-refractivity contribution in [2.24, 2.45) is 0 Å². The van der Waals surface area contributed by atoms with Crippen LogP contribution in [0.1, 0.15) is 11.1 Å². The number of nitrogens with zero attached hydrogens (tertiary/aromatic N) is 5. The van der Waals surface area contributed by atoms with E-state index in [2.05, 4.69) is 27.4 Å². The van der Waals surface area contributed by atoms with Crippen LogP contribution in [-0.2, 0) is 0 Å². The Morgan fingerprint density at radius 3 is 2.56 bits per heavy atom.